The first-order chi connectivity index (χ1) is 13.2. The van der Waals surface area contributed by atoms with Crippen LogP contribution in [-0.4, -0.2) is 65.0 Å². The van der Waals surface area contributed by atoms with Crippen molar-refractivity contribution in [1.82, 2.24) is 19.8 Å². The lowest BCUT2D eigenvalue weighted by Crippen LogP contribution is -2.49. The third kappa shape index (κ3) is 4.23. The van der Waals surface area contributed by atoms with Crippen LogP contribution in [0.2, 0.25) is 5.02 Å². The number of halogens is 1. The standard InChI is InChI=1S/C20H21ClN4O2/c21-16-12-17(14-22-13-16)27-10-9-24-5-7-25(8-6-24)20(26)19-11-15-3-1-2-4-18(15)23-19/h1-4,11-14,23H,5-10H2. The number of pyridine rings is 1. The van der Waals surface area contributed by atoms with Crippen LogP contribution in [0.4, 0.5) is 0 Å². The van der Waals surface area contributed by atoms with Crippen LogP contribution in [0.25, 0.3) is 10.9 Å². The fourth-order valence-corrected chi connectivity index (χ4v) is 3.46. The second kappa shape index (κ2) is 7.98. The summed E-state index contributed by atoms with van der Waals surface area (Å²) in [7, 11) is 0. The SMILES string of the molecule is O=C(c1cc2ccccc2[nH]1)N1CCN(CCOc2cncc(Cl)c2)CC1. The van der Waals surface area contributed by atoms with Crippen LogP contribution < -0.4 is 4.74 Å². The maximum atomic E-state index is 12.7. The number of nitrogens with zero attached hydrogens (tertiary/aromatic N) is 3. The average molecular weight is 385 g/mol. The summed E-state index contributed by atoms with van der Waals surface area (Å²) in [5.74, 6) is 0.738. The van der Waals surface area contributed by atoms with Crippen LogP contribution in [0.15, 0.2) is 48.8 Å². The lowest BCUT2D eigenvalue weighted by Gasteiger charge is -2.34. The molecule has 0 unspecified atom stereocenters. The predicted molar refractivity (Wildman–Crippen MR) is 105 cm³/mol. The van der Waals surface area contributed by atoms with Crippen LogP contribution in [0.3, 0.4) is 0 Å². The van der Waals surface area contributed by atoms with Crippen molar-refractivity contribution in [3.05, 3.63) is 59.5 Å². The molecule has 27 heavy (non-hydrogen) atoms. The van der Waals surface area contributed by atoms with Gasteiger partial charge in [0.05, 0.1) is 11.2 Å². The van der Waals surface area contributed by atoms with E-state index in [2.05, 4.69) is 14.9 Å². The molecule has 4 rings (SSSR count). The van der Waals surface area contributed by atoms with Gasteiger partial charge in [-0.1, -0.05) is 29.8 Å². The van der Waals surface area contributed by atoms with E-state index < -0.39 is 0 Å². The van der Waals surface area contributed by atoms with Crippen molar-refractivity contribution in [2.24, 2.45) is 0 Å². The van der Waals surface area contributed by atoms with Crippen LogP contribution in [0.5, 0.6) is 5.75 Å². The maximum absolute atomic E-state index is 12.7. The summed E-state index contributed by atoms with van der Waals surface area (Å²) < 4.78 is 5.69. The molecule has 7 heteroatoms. The van der Waals surface area contributed by atoms with Gasteiger partial charge in [-0.25, -0.2) is 0 Å². The number of H-pyrrole nitrogens is 1. The summed E-state index contributed by atoms with van der Waals surface area (Å²) in [6, 6.07) is 11.6. The lowest BCUT2D eigenvalue weighted by molar-refractivity contribution is 0.0615. The molecule has 1 aliphatic heterocycles. The van der Waals surface area contributed by atoms with Crippen molar-refractivity contribution in [3.63, 3.8) is 0 Å². The number of aromatic nitrogens is 2. The monoisotopic (exact) mass is 384 g/mol. The molecule has 1 aliphatic rings. The minimum absolute atomic E-state index is 0.0621. The minimum Gasteiger partial charge on any atom is -0.491 e. The molecule has 6 nitrogen and oxygen atoms in total. The number of benzene rings is 1. The molecule has 3 aromatic rings. The largest absolute Gasteiger partial charge is 0.491 e. The first-order valence-corrected chi connectivity index (χ1v) is 9.39. The third-order valence-corrected chi connectivity index (χ3v) is 4.98. The van der Waals surface area contributed by atoms with Crippen LogP contribution in [0, 0.1) is 0 Å². The van der Waals surface area contributed by atoms with Crippen molar-refractivity contribution in [2.45, 2.75) is 0 Å². The van der Waals surface area contributed by atoms with Gasteiger partial charge in [0.15, 0.2) is 0 Å². The number of fused-ring (bicyclic) bond motifs is 1. The van der Waals surface area contributed by atoms with Gasteiger partial charge >= 0.3 is 0 Å². The van der Waals surface area contributed by atoms with E-state index >= 15 is 0 Å². The highest BCUT2D eigenvalue weighted by atomic mass is 35.5. The van der Waals surface area contributed by atoms with Gasteiger partial charge in [-0.15, -0.1) is 0 Å². The van der Waals surface area contributed by atoms with E-state index in [9.17, 15) is 4.79 Å². The summed E-state index contributed by atoms with van der Waals surface area (Å²) in [4.78, 5) is 24.2. The van der Waals surface area contributed by atoms with Crippen molar-refractivity contribution in [2.75, 3.05) is 39.3 Å². The number of ether oxygens (including phenoxy) is 1. The van der Waals surface area contributed by atoms with Gasteiger partial charge in [0, 0.05) is 55.9 Å². The Morgan fingerprint density at radius 3 is 2.74 bits per heavy atom. The number of piperazine rings is 1. The van der Waals surface area contributed by atoms with Gasteiger partial charge in [-0.2, -0.15) is 0 Å². The highest BCUT2D eigenvalue weighted by Crippen LogP contribution is 2.17. The first-order valence-electron chi connectivity index (χ1n) is 9.02. The van der Waals surface area contributed by atoms with Crippen molar-refractivity contribution in [1.29, 1.82) is 0 Å². The van der Waals surface area contributed by atoms with Gasteiger partial charge < -0.3 is 14.6 Å². The van der Waals surface area contributed by atoms with Gasteiger partial charge in [0.25, 0.3) is 5.91 Å². The summed E-state index contributed by atoms with van der Waals surface area (Å²) >= 11 is 5.90. The molecule has 1 fully saturated rings. The molecule has 1 aromatic carbocycles. The van der Waals surface area contributed by atoms with Crippen LogP contribution in [-0.2, 0) is 0 Å². The number of amides is 1. The smallest absolute Gasteiger partial charge is 0.270 e. The molecule has 0 bridgehead atoms. The molecule has 0 spiro atoms. The number of carbonyl (C=O) groups excluding carboxylic acids is 1. The molecule has 0 radical (unpaired) electrons. The Kier molecular flexibility index (Phi) is 5.27. The Balaban J connectivity index is 1.26. The fraction of sp³-hybridized carbons (Fsp3) is 0.300. The Labute approximate surface area is 162 Å². The Morgan fingerprint density at radius 2 is 1.96 bits per heavy atom. The second-order valence-electron chi connectivity index (χ2n) is 6.59. The fourth-order valence-electron chi connectivity index (χ4n) is 3.30. The molecule has 0 saturated carbocycles. The number of para-hydroxylation sites is 1. The quantitative estimate of drug-likeness (QED) is 0.734. The van der Waals surface area contributed by atoms with E-state index in [1.54, 1.807) is 18.5 Å². The number of hydrogen-bond donors (Lipinski definition) is 1. The molecular weight excluding hydrogens is 364 g/mol. The van der Waals surface area contributed by atoms with Gasteiger partial charge in [-0.05, 0) is 12.1 Å². The Bertz CT molecular complexity index is 901. The first kappa shape index (κ1) is 17.8. The summed E-state index contributed by atoms with van der Waals surface area (Å²) in [6.45, 7) is 4.48. The van der Waals surface area contributed by atoms with Crippen molar-refractivity contribution < 1.29 is 9.53 Å². The molecule has 1 amide bonds. The second-order valence-corrected chi connectivity index (χ2v) is 7.03. The van der Waals surface area contributed by atoms with Crippen LogP contribution in [0.1, 0.15) is 10.5 Å². The van der Waals surface area contributed by atoms with Crippen molar-refractivity contribution in [3.8, 4) is 5.75 Å². The minimum atomic E-state index is 0.0621. The zero-order chi connectivity index (χ0) is 18.6. The zero-order valence-corrected chi connectivity index (χ0v) is 15.7. The number of nitrogens with one attached hydrogen (secondary N) is 1. The Morgan fingerprint density at radius 1 is 1.15 bits per heavy atom. The van der Waals surface area contributed by atoms with E-state index in [-0.39, 0.29) is 5.91 Å². The van der Waals surface area contributed by atoms with Gasteiger partial charge in [0.1, 0.15) is 18.1 Å². The molecule has 2 aromatic heterocycles. The molecule has 0 atom stereocenters. The van der Waals surface area contributed by atoms with Crippen LogP contribution >= 0.6 is 11.6 Å². The van der Waals surface area contributed by atoms with E-state index in [4.69, 9.17) is 16.3 Å². The molecule has 140 valence electrons. The maximum Gasteiger partial charge on any atom is 0.270 e. The number of aromatic amines is 1. The van der Waals surface area contributed by atoms with Crippen molar-refractivity contribution >= 4 is 28.4 Å². The van der Waals surface area contributed by atoms with E-state index in [0.29, 0.717) is 36.2 Å². The van der Waals surface area contributed by atoms with E-state index in [1.165, 1.54) is 0 Å². The normalized spacial score (nSPS) is 15.2. The topological polar surface area (TPSA) is 61.5 Å². The molecule has 1 N–H and O–H groups in total. The third-order valence-electron chi connectivity index (χ3n) is 4.78. The summed E-state index contributed by atoms with van der Waals surface area (Å²) in [5.41, 5.74) is 1.65. The molecular formula is C20H21ClN4O2. The average Bonchev–Trinajstić information content (AvgIpc) is 3.12. The number of carbonyl (C=O) groups is 1. The zero-order valence-electron chi connectivity index (χ0n) is 14.9. The Hall–Kier alpha value is -2.57. The lowest BCUT2D eigenvalue weighted by atomic mass is 10.2. The number of rotatable bonds is 5. The highest BCUT2D eigenvalue weighted by molar-refractivity contribution is 6.30. The van der Waals surface area contributed by atoms with Gasteiger partial charge in [0.2, 0.25) is 0 Å². The summed E-state index contributed by atoms with van der Waals surface area (Å²) in [6.07, 6.45) is 3.24. The highest BCUT2D eigenvalue weighted by Gasteiger charge is 2.23. The van der Waals surface area contributed by atoms with E-state index in [1.807, 2.05) is 35.2 Å². The molecule has 0 aliphatic carbocycles. The molecule has 3 heterocycles. The predicted octanol–water partition coefficient (Wildman–Crippen LogP) is 3.05. The van der Waals surface area contributed by atoms with E-state index in [0.717, 1.165) is 30.5 Å². The van der Waals surface area contributed by atoms with Gasteiger partial charge in [-0.3, -0.25) is 14.7 Å². The summed E-state index contributed by atoms with van der Waals surface area (Å²) in [5, 5.41) is 1.63. The molecule has 1 saturated heterocycles. The number of hydrogen-bond acceptors (Lipinski definition) is 4.